The predicted molar refractivity (Wildman–Crippen MR) is 70.2 cm³/mol. The monoisotopic (exact) mass is 260 g/mol. The quantitative estimate of drug-likeness (QED) is 0.861. The fraction of sp³-hybridized carbons (Fsp3) is 0.538. The van der Waals surface area contributed by atoms with Crippen LogP contribution in [0.4, 0.5) is 0 Å². The molecule has 1 nitrogen and oxygen atoms in total. The van der Waals surface area contributed by atoms with Gasteiger partial charge in [0.05, 0.1) is 6.10 Å². The van der Waals surface area contributed by atoms with E-state index in [0.29, 0.717) is 22.4 Å². The van der Waals surface area contributed by atoms with Crippen molar-refractivity contribution in [1.82, 2.24) is 0 Å². The predicted octanol–water partition coefficient (Wildman–Crippen LogP) is 4.19. The average Bonchev–Trinajstić information content (AvgIpc) is 2.22. The molecule has 0 heterocycles. The van der Waals surface area contributed by atoms with Gasteiger partial charge in [-0.15, -0.1) is 0 Å². The minimum absolute atomic E-state index is 0.229. The van der Waals surface area contributed by atoms with Crippen molar-refractivity contribution in [2.75, 3.05) is 0 Å². The van der Waals surface area contributed by atoms with Gasteiger partial charge in [0, 0.05) is 16.5 Å². The zero-order valence-corrected chi connectivity index (χ0v) is 11.4. The zero-order chi connectivity index (χ0) is 12.3. The Labute approximate surface area is 107 Å². The highest BCUT2D eigenvalue weighted by Crippen LogP contribution is 2.28. The number of benzene rings is 1. The molecule has 0 amide bonds. The molecule has 0 aliphatic rings. The smallest absolute Gasteiger partial charge is 0.0609 e. The molecule has 1 aromatic carbocycles. The molecule has 0 spiro atoms. The lowest BCUT2D eigenvalue weighted by molar-refractivity contribution is 0.0922. The van der Waals surface area contributed by atoms with E-state index in [2.05, 4.69) is 13.8 Å². The van der Waals surface area contributed by atoms with Crippen molar-refractivity contribution in [2.45, 2.75) is 33.3 Å². The van der Waals surface area contributed by atoms with Gasteiger partial charge in [0.1, 0.15) is 0 Å². The van der Waals surface area contributed by atoms with Crippen molar-refractivity contribution < 1.29 is 5.11 Å². The van der Waals surface area contributed by atoms with E-state index in [1.54, 1.807) is 12.1 Å². The van der Waals surface area contributed by atoms with Gasteiger partial charge in [-0.3, -0.25) is 0 Å². The number of aliphatic hydroxyl groups excluding tert-OH is 1. The molecule has 90 valence electrons. The van der Waals surface area contributed by atoms with Crippen LogP contribution in [-0.2, 0) is 6.42 Å². The van der Waals surface area contributed by atoms with Gasteiger partial charge in [0.2, 0.25) is 0 Å². The van der Waals surface area contributed by atoms with E-state index in [-0.39, 0.29) is 5.92 Å². The van der Waals surface area contributed by atoms with Crippen molar-refractivity contribution in [1.29, 1.82) is 0 Å². The first kappa shape index (κ1) is 13.8. The first-order valence-electron chi connectivity index (χ1n) is 5.54. The SMILES string of the molecule is CC(C)C(C)C(O)Cc1c(Cl)cccc1Cl. The molecule has 2 atom stereocenters. The van der Waals surface area contributed by atoms with Crippen LogP contribution in [0.3, 0.4) is 0 Å². The largest absolute Gasteiger partial charge is 0.392 e. The number of halogens is 2. The van der Waals surface area contributed by atoms with Crippen LogP contribution in [-0.4, -0.2) is 11.2 Å². The van der Waals surface area contributed by atoms with Gasteiger partial charge in [-0.05, 0) is 29.5 Å². The summed E-state index contributed by atoms with van der Waals surface area (Å²) < 4.78 is 0. The molecule has 0 saturated heterocycles. The molecule has 0 radical (unpaired) electrons. The standard InChI is InChI=1S/C13H18Cl2O/c1-8(2)9(3)13(16)7-10-11(14)5-4-6-12(10)15/h4-6,8-9,13,16H,7H2,1-3H3. The molecule has 2 unspecified atom stereocenters. The first-order valence-corrected chi connectivity index (χ1v) is 6.30. The Balaban J connectivity index is 2.80. The van der Waals surface area contributed by atoms with Crippen molar-refractivity contribution >= 4 is 23.2 Å². The summed E-state index contributed by atoms with van der Waals surface area (Å²) in [5, 5.41) is 11.3. The summed E-state index contributed by atoms with van der Waals surface area (Å²) >= 11 is 12.1. The fourth-order valence-corrected chi connectivity index (χ4v) is 2.12. The molecule has 1 aromatic rings. The van der Waals surface area contributed by atoms with Crippen molar-refractivity contribution in [3.05, 3.63) is 33.8 Å². The van der Waals surface area contributed by atoms with E-state index in [1.165, 1.54) is 0 Å². The Morgan fingerprint density at radius 3 is 2.06 bits per heavy atom. The maximum atomic E-state index is 10.1. The first-order chi connectivity index (χ1) is 7.43. The molecule has 3 heteroatoms. The van der Waals surface area contributed by atoms with Crippen LogP contribution in [0.15, 0.2) is 18.2 Å². The van der Waals surface area contributed by atoms with Crippen molar-refractivity contribution in [2.24, 2.45) is 11.8 Å². The lowest BCUT2D eigenvalue weighted by Gasteiger charge is -2.23. The Hall–Kier alpha value is -0.240. The molecular weight excluding hydrogens is 243 g/mol. The van der Waals surface area contributed by atoms with E-state index in [9.17, 15) is 5.11 Å². The summed E-state index contributed by atoms with van der Waals surface area (Å²) in [6.07, 6.45) is 0.107. The molecule has 0 aliphatic carbocycles. The fourth-order valence-electron chi connectivity index (χ4n) is 1.57. The average molecular weight is 261 g/mol. The van der Waals surface area contributed by atoms with Crippen molar-refractivity contribution in [3.63, 3.8) is 0 Å². The summed E-state index contributed by atoms with van der Waals surface area (Å²) in [7, 11) is 0. The second kappa shape index (κ2) is 5.90. The molecule has 0 fully saturated rings. The lowest BCUT2D eigenvalue weighted by Crippen LogP contribution is -2.24. The summed E-state index contributed by atoms with van der Waals surface area (Å²) in [5.74, 6) is 0.670. The Morgan fingerprint density at radius 2 is 1.62 bits per heavy atom. The summed E-state index contributed by atoms with van der Waals surface area (Å²) in [5.41, 5.74) is 0.839. The van der Waals surface area contributed by atoms with E-state index in [0.717, 1.165) is 5.56 Å². The van der Waals surface area contributed by atoms with Gasteiger partial charge in [0.25, 0.3) is 0 Å². The second-order valence-electron chi connectivity index (χ2n) is 4.57. The summed E-state index contributed by atoms with van der Waals surface area (Å²) in [6.45, 7) is 6.24. The summed E-state index contributed by atoms with van der Waals surface area (Å²) in [6, 6.07) is 5.41. The van der Waals surface area contributed by atoms with Gasteiger partial charge >= 0.3 is 0 Å². The van der Waals surface area contributed by atoms with Gasteiger partial charge in [-0.1, -0.05) is 50.0 Å². The molecule has 0 aromatic heterocycles. The number of hydrogen-bond donors (Lipinski definition) is 1. The summed E-state index contributed by atoms with van der Waals surface area (Å²) in [4.78, 5) is 0. The molecule has 1 rings (SSSR count). The number of hydrogen-bond acceptors (Lipinski definition) is 1. The van der Waals surface area contributed by atoms with E-state index in [1.807, 2.05) is 13.0 Å². The van der Waals surface area contributed by atoms with Gasteiger partial charge in [-0.25, -0.2) is 0 Å². The van der Waals surface area contributed by atoms with Crippen LogP contribution < -0.4 is 0 Å². The number of aliphatic hydroxyl groups is 1. The van der Waals surface area contributed by atoms with Crippen LogP contribution in [0.2, 0.25) is 10.0 Å². The highest BCUT2D eigenvalue weighted by atomic mass is 35.5. The zero-order valence-electron chi connectivity index (χ0n) is 9.87. The molecule has 1 N–H and O–H groups in total. The Morgan fingerprint density at radius 1 is 1.12 bits per heavy atom. The molecule has 16 heavy (non-hydrogen) atoms. The molecular formula is C13H18Cl2O. The minimum Gasteiger partial charge on any atom is -0.392 e. The van der Waals surface area contributed by atoms with Gasteiger partial charge in [-0.2, -0.15) is 0 Å². The minimum atomic E-state index is -0.405. The third kappa shape index (κ3) is 3.38. The Bertz CT molecular complexity index is 330. The third-order valence-corrected chi connectivity index (χ3v) is 3.84. The Kier molecular flexibility index (Phi) is 5.10. The van der Waals surface area contributed by atoms with Gasteiger partial charge < -0.3 is 5.11 Å². The highest BCUT2D eigenvalue weighted by molar-refractivity contribution is 6.35. The van der Waals surface area contributed by atoms with Gasteiger partial charge in [0.15, 0.2) is 0 Å². The molecule has 0 bridgehead atoms. The normalized spacial score (nSPS) is 15.2. The van der Waals surface area contributed by atoms with E-state index >= 15 is 0 Å². The number of rotatable bonds is 4. The van der Waals surface area contributed by atoms with Crippen LogP contribution in [0.1, 0.15) is 26.3 Å². The van der Waals surface area contributed by atoms with Crippen LogP contribution >= 0.6 is 23.2 Å². The van der Waals surface area contributed by atoms with Crippen molar-refractivity contribution in [3.8, 4) is 0 Å². The van der Waals surface area contributed by atoms with Crippen LogP contribution in [0, 0.1) is 11.8 Å². The molecule has 0 saturated carbocycles. The maximum absolute atomic E-state index is 10.1. The lowest BCUT2D eigenvalue weighted by atomic mass is 9.89. The van der Waals surface area contributed by atoms with Crippen LogP contribution in [0.25, 0.3) is 0 Å². The maximum Gasteiger partial charge on any atom is 0.0609 e. The third-order valence-electron chi connectivity index (χ3n) is 3.13. The van der Waals surface area contributed by atoms with Crippen LogP contribution in [0.5, 0.6) is 0 Å². The van der Waals surface area contributed by atoms with E-state index < -0.39 is 6.10 Å². The highest BCUT2D eigenvalue weighted by Gasteiger charge is 2.20. The topological polar surface area (TPSA) is 20.2 Å². The van der Waals surface area contributed by atoms with E-state index in [4.69, 9.17) is 23.2 Å². The second-order valence-corrected chi connectivity index (χ2v) is 5.39. The molecule has 0 aliphatic heterocycles.